The van der Waals surface area contributed by atoms with Crippen LogP contribution in [0.25, 0.3) is 0 Å². The number of ether oxygens (including phenoxy) is 4. The highest BCUT2D eigenvalue weighted by Crippen LogP contribution is 2.47. The number of anilines is 1. The van der Waals surface area contributed by atoms with Crippen molar-refractivity contribution in [1.82, 2.24) is 0 Å². The maximum absolute atomic E-state index is 14.1. The van der Waals surface area contributed by atoms with Crippen molar-refractivity contribution in [1.29, 1.82) is 0 Å². The van der Waals surface area contributed by atoms with Gasteiger partial charge in [0.15, 0.2) is 5.60 Å². The molecule has 0 N–H and O–H groups in total. The van der Waals surface area contributed by atoms with Gasteiger partial charge in [0, 0.05) is 0 Å². The Morgan fingerprint density at radius 2 is 1.19 bits per heavy atom. The fourth-order valence-corrected chi connectivity index (χ4v) is 4.19. The zero-order valence-electron chi connectivity index (χ0n) is 22.8. The van der Waals surface area contributed by atoms with E-state index >= 15 is 0 Å². The lowest BCUT2D eigenvalue weighted by atomic mass is 9.82. The number of benzene rings is 3. The molecule has 1 amide bonds. The molecule has 0 aliphatic heterocycles. The fourth-order valence-electron chi connectivity index (χ4n) is 4.08. The Morgan fingerprint density at radius 3 is 1.60 bits per heavy atom. The van der Waals surface area contributed by atoms with Gasteiger partial charge in [-0.3, -0.25) is 4.90 Å². The van der Waals surface area contributed by atoms with E-state index in [9.17, 15) is 31.1 Å². The number of carbonyl (C=O) groups excluding carboxylic acids is 1. The highest BCUT2D eigenvalue weighted by molar-refractivity contribution is 6.68. The summed E-state index contributed by atoms with van der Waals surface area (Å²) >= 11 is 18.2. The van der Waals surface area contributed by atoms with Crippen LogP contribution in [0.1, 0.15) is 31.9 Å². The van der Waals surface area contributed by atoms with E-state index < -0.39 is 45.2 Å². The van der Waals surface area contributed by atoms with Gasteiger partial charge < -0.3 is 18.9 Å². The number of nitrogens with zero attached hydrogens (tertiary/aromatic N) is 1. The van der Waals surface area contributed by atoms with E-state index in [4.69, 9.17) is 44.3 Å². The molecule has 3 aromatic carbocycles. The average molecular weight is 675 g/mol. The number of hydrogen-bond acceptors (Lipinski definition) is 5. The SMILES string of the molecule is COc1ccccc1N(C(=O)OC(C)(C)C(Cl)(Cl)Cl)C(C)(c1cccc(OC(F)(F)F)c1)c1cccc(OC(F)(F)F)c1. The summed E-state index contributed by atoms with van der Waals surface area (Å²) in [5.74, 6) is -1.26. The molecule has 0 spiro atoms. The molecule has 0 aliphatic carbocycles. The number of halogens is 9. The van der Waals surface area contributed by atoms with Gasteiger partial charge in [-0.1, -0.05) is 71.2 Å². The predicted molar refractivity (Wildman–Crippen MR) is 149 cm³/mol. The highest BCUT2D eigenvalue weighted by Gasteiger charge is 2.49. The topological polar surface area (TPSA) is 57.2 Å². The predicted octanol–water partition coefficient (Wildman–Crippen LogP) is 9.55. The van der Waals surface area contributed by atoms with Crippen LogP contribution in [0.15, 0.2) is 72.8 Å². The normalized spacial score (nSPS) is 12.9. The number of alkyl halides is 9. The van der Waals surface area contributed by atoms with Crippen LogP contribution in [-0.2, 0) is 10.3 Å². The van der Waals surface area contributed by atoms with Crippen LogP contribution in [0.3, 0.4) is 0 Å². The smallest absolute Gasteiger partial charge is 0.495 e. The highest BCUT2D eigenvalue weighted by atomic mass is 35.6. The van der Waals surface area contributed by atoms with Gasteiger partial charge in [-0.05, 0) is 68.3 Å². The van der Waals surface area contributed by atoms with Crippen molar-refractivity contribution in [2.45, 2.75) is 48.4 Å². The van der Waals surface area contributed by atoms with Crippen molar-refractivity contribution in [3.05, 3.63) is 83.9 Å². The molecule has 0 heterocycles. The molecule has 0 bridgehead atoms. The van der Waals surface area contributed by atoms with Gasteiger partial charge in [-0.25, -0.2) is 4.79 Å². The minimum atomic E-state index is -5.08. The Labute approximate surface area is 257 Å². The van der Waals surface area contributed by atoms with E-state index in [0.717, 1.165) is 29.2 Å². The quantitative estimate of drug-likeness (QED) is 0.176. The number of rotatable bonds is 8. The van der Waals surface area contributed by atoms with Crippen LogP contribution in [-0.4, -0.2) is 35.3 Å². The molecule has 234 valence electrons. The van der Waals surface area contributed by atoms with Crippen LogP contribution < -0.4 is 19.1 Å². The Morgan fingerprint density at radius 1 is 0.721 bits per heavy atom. The lowest BCUT2D eigenvalue weighted by Gasteiger charge is -2.44. The van der Waals surface area contributed by atoms with Crippen molar-refractivity contribution < 1.29 is 50.1 Å². The van der Waals surface area contributed by atoms with Crippen molar-refractivity contribution in [2.24, 2.45) is 0 Å². The minimum Gasteiger partial charge on any atom is -0.495 e. The lowest BCUT2D eigenvalue weighted by molar-refractivity contribution is -0.275. The van der Waals surface area contributed by atoms with Crippen LogP contribution in [0.5, 0.6) is 17.2 Å². The number of methoxy groups -OCH3 is 1. The Hall–Kier alpha value is -3.22. The fraction of sp³-hybridized carbons (Fsp3) is 0.321. The van der Waals surface area contributed by atoms with E-state index in [1.807, 2.05) is 0 Å². The van der Waals surface area contributed by atoms with Gasteiger partial charge in [0.1, 0.15) is 17.2 Å². The monoisotopic (exact) mass is 673 g/mol. The first-order valence-electron chi connectivity index (χ1n) is 12.1. The average Bonchev–Trinajstić information content (AvgIpc) is 2.86. The lowest BCUT2D eigenvalue weighted by Crippen LogP contribution is -2.53. The van der Waals surface area contributed by atoms with Gasteiger partial charge in [0.05, 0.1) is 18.3 Å². The van der Waals surface area contributed by atoms with E-state index in [0.29, 0.717) is 0 Å². The third-order valence-corrected chi connectivity index (χ3v) is 7.61. The maximum Gasteiger partial charge on any atom is 0.573 e. The van der Waals surface area contributed by atoms with Crippen LogP contribution in [0.4, 0.5) is 36.8 Å². The first-order valence-corrected chi connectivity index (χ1v) is 13.3. The van der Waals surface area contributed by atoms with Gasteiger partial charge in [-0.15, -0.1) is 26.3 Å². The largest absolute Gasteiger partial charge is 0.573 e. The van der Waals surface area contributed by atoms with Crippen LogP contribution >= 0.6 is 34.8 Å². The molecule has 43 heavy (non-hydrogen) atoms. The summed E-state index contributed by atoms with van der Waals surface area (Å²) in [6.07, 6.45) is -11.4. The molecule has 0 saturated carbocycles. The molecule has 3 aromatic rings. The third kappa shape index (κ3) is 8.24. The molecule has 0 aromatic heterocycles. The minimum absolute atomic E-state index is 0.00176. The van der Waals surface area contributed by atoms with Crippen LogP contribution in [0, 0.1) is 0 Å². The summed E-state index contributed by atoms with van der Waals surface area (Å²) in [5, 5.41) is 0. The number of hydrogen-bond donors (Lipinski definition) is 0. The molecule has 0 aliphatic rings. The molecule has 3 rings (SSSR count). The summed E-state index contributed by atoms with van der Waals surface area (Å²) in [6, 6.07) is 15.1. The maximum atomic E-state index is 14.1. The molecule has 0 radical (unpaired) electrons. The summed E-state index contributed by atoms with van der Waals surface area (Å²) in [7, 11) is 1.29. The van der Waals surface area contributed by atoms with Crippen molar-refractivity contribution in [3.63, 3.8) is 0 Å². The van der Waals surface area contributed by atoms with Gasteiger partial charge in [-0.2, -0.15) is 0 Å². The number of para-hydroxylation sites is 2. The second-order valence-corrected chi connectivity index (χ2v) is 11.9. The van der Waals surface area contributed by atoms with Crippen LogP contribution in [0.2, 0.25) is 0 Å². The summed E-state index contributed by atoms with van der Waals surface area (Å²) in [6.45, 7) is 3.96. The zero-order valence-corrected chi connectivity index (χ0v) is 25.1. The van der Waals surface area contributed by atoms with Gasteiger partial charge in [0.25, 0.3) is 0 Å². The third-order valence-electron chi connectivity index (χ3n) is 6.24. The molecular weight excluding hydrogens is 651 g/mol. The molecule has 0 atom stereocenters. The Balaban J connectivity index is 2.40. The Bertz CT molecular complexity index is 1380. The molecule has 0 fully saturated rings. The number of carbonyl (C=O) groups is 1. The number of amides is 1. The first-order chi connectivity index (χ1) is 19.7. The molecule has 6 nitrogen and oxygen atoms in total. The van der Waals surface area contributed by atoms with E-state index in [1.165, 1.54) is 70.3 Å². The molecule has 15 heteroatoms. The van der Waals surface area contributed by atoms with Gasteiger partial charge >= 0.3 is 18.8 Å². The van der Waals surface area contributed by atoms with E-state index in [1.54, 1.807) is 6.07 Å². The first kappa shape index (κ1) is 34.3. The van der Waals surface area contributed by atoms with Crippen molar-refractivity contribution in [3.8, 4) is 17.2 Å². The van der Waals surface area contributed by atoms with Crippen molar-refractivity contribution >= 4 is 46.6 Å². The van der Waals surface area contributed by atoms with E-state index in [-0.39, 0.29) is 22.6 Å². The van der Waals surface area contributed by atoms with Gasteiger partial charge in [0.2, 0.25) is 3.79 Å². The molecule has 0 saturated heterocycles. The van der Waals surface area contributed by atoms with Crippen molar-refractivity contribution in [2.75, 3.05) is 12.0 Å². The second kappa shape index (κ2) is 12.4. The van der Waals surface area contributed by atoms with E-state index in [2.05, 4.69) is 9.47 Å². The molecule has 0 unspecified atom stereocenters. The Kier molecular flexibility index (Phi) is 9.89. The summed E-state index contributed by atoms with van der Waals surface area (Å²) < 4.78 is 96.1. The summed E-state index contributed by atoms with van der Waals surface area (Å²) in [4.78, 5) is 15.1. The second-order valence-electron chi connectivity index (χ2n) is 9.61. The standard InChI is InChI=1S/C28H24Cl3F6NO5/c1-24(2,26(29,30)31)43-23(39)38(21-13-5-6-14-22(21)40-4)25(3,17-9-7-11-19(15-17)41-27(32,33)34)18-10-8-12-20(16-18)42-28(35,36)37/h5-16H,1-4H3. The summed E-state index contributed by atoms with van der Waals surface area (Å²) in [5.41, 5.74) is -3.84. The zero-order chi connectivity index (χ0) is 32.4. The molecular formula is C28H24Cl3F6NO5.